The molecule has 1 aliphatic rings. The van der Waals surface area contributed by atoms with Crippen LogP contribution >= 0.6 is 0 Å². The number of nitrogens with two attached hydrogens (primary N) is 1. The lowest BCUT2D eigenvalue weighted by Gasteiger charge is -2.45. The molecule has 1 aliphatic heterocycles. The van der Waals surface area contributed by atoms with E-state index in [0.717, 1.165) is 6.54 Å². The third kappa shape index (κ3) is 1.49. The lowest BCUT2D eigenvalue weighted by atomic mass is 9.97. The van der Waals surface area contributed by atoms with Gasteiger partial charge in [0.05, 0.1) is 6.04 Å². The Kier molecular flexibility index (Phi) is 2.83. The van der Waals surface area contributed by atoms with Crippen LogP contribution in [0.3, 0.4) is 0 Å². The molecule has 0 aromatic carbocycles. The molecule has 12 heavy (non-hydrogen) atoms. The zero-order valence-electron chi connectivity index (χ0n) is 7.29. The second-order valence-corrected chi connectivity index (χ2v) is 2.98. The molecule has 0 aliphatic carbocycles. The molecular formula is C8H15N3O. The monoisotopic (exact) mass is 169 g/mol. The van der Waals surface area contributed by atoms with Gasteiger partial charge in [-0.3, -0.25) is 4.79 Å². The van der Waals surface area contributed by atoms with E-state index in [9.17, 15) is 4.79 Å². The number of carbonyl (C=O) groups excluding carboxylic acids is 1. The maximum absolute atomic E-state index is 11.1. The van der Waals surface area contributed by atoms with Crippen LogP contribution in [-0.2, 0) is 4.79 Å². The van der Waals surface area contributed by atoms with E-state index < -0.39 is 0 Å². The Bertz CT molecular complexity index is 193. The van der Waals surface area contributed by atoms with Gasteiger partial charge in [0.2, 0.25) is 5.91 Å². The molecule has 68 valence electrons. The number of carbonyl (C=O) groups is 1. The van der Waals surface area contributed by atoms with Gasteiger partial charge in [-0.05, 0) is 13.1 Å². The van der Waals surface area contributed by atoms with Crippen LogP contribution in [-0.4, -0.2) is 43.0 Å². The lowest BCUT2D eigenvalue weighted by Crippen LogP contribution is -2.68. The first-order chi connectivity index (χ1) is 5.70. The van der Waals surface area contributed by atoms with E-state index in [2.05, 4.69) is 11.9 Å². The molecule has 0 bridgehead atoms. The van der Waals surface area contributed by atoms with Crippen LogP contribution in [0, 0.1) is 0 Å². The first kappa shape index (κ1) is 9.22. The Morgan fingerprint density at radius 1 is 1.92 bits per heavy atom. The summed E-state index contributed by atoms with van der Waals surface area (Å²) in [5, 5.41) is 3.00. The molecule has 1 fully saturated rings. The van der Waals surface area contributed by atoms with E-state index >= 15 is 0 Å². The van der Waals surface area contributed by atoms with Crippen LogP contribution < -0.4 is 11.1 Å². The molecule has 1 heterocycles. The fourth-order valence-corrected chi connectivity index (χ4v) is 1.42. The maximum atomic E-state index is 11.1. The van der Waals surface area contributed by atoms with Crippen molar-refractivity contribution in [2.45, 2.75) is 12.1 Å². The Morgan fingerprint density at radius 2 is 2.58 bits per heavy atom. The normalized spacial score (nSPS) is 28.0. The number of likely N-dealkylation sites (N-methyl/N-ethyl adjacent to an activating group) is 1. The maximum Gasteiger partial charge on any atom is 0.246 e. The number of amides is 1. The fraction of sp³-hybridized carbons (Fsp3) is 0.625. The largest absolute Gasteiger partial charge is 0.332 e. The summed E-state index contributed by atoms with van der Waals surface area (Å²) in [6, 6.07) is 0.252. The van der Waals surface area contributed by atoms with Crippen molar-refractivity contribution in [3.8, 4) is 0 Å². The number of nitrogens with zero attached hydrogens (tertiary/aromatic N) is 1. The van der Waals surface area contributed by atoms with Crippen LogP contribution in [0.15, 0.2) is 12.7 Å². The first-order valence-electron chi connectivity index (χ1n) is 4.04. The molecule has 1 saturated heterocycles. The summed E-state index contributed by atoms with van der Waals surface area (Å²) < 4.78 is 0. The summed E-state index contributed by atoms with van der Waals surface area (Å²) in [5.74, 6) is -0.0306. The van der Waals surface area contributed by atoms with Crippen LogP contribution in [0.1, 0.15) is 0 Å². The van der Waals surface area contributed by atoms with Crippen molar-refractivity contribution in [1.29, 1.82) is 0 Å². The quantitative estimate of drug-likeness (QED) is 0.529. The molecule has 3 N–H and O–H groups in total. The summed E-state index contributed by atoms with van der Waals surface area (Å²) in [5.41, 5.74) is 5.72. The molecule has 0 radical (unpaired) electrons. The third-order valence-electron chi connectivity index (χ3n) is 2.17. The molecule has 4 heteroatoms. The van der Waals surface area contributed by atoms with Gasteiger partial charge in [0, 0.05) is 19.1 Å². The second kappa shape index (κ2) is 3.69. The summed E-state index contributed by atoms with van der Waals surface area (Å²) in [6.45, 7) is 4.83. The topological polar surface area (TPSA) is 58.4 Å². The van der Waals surface area contributed by atoms with E-state index in [4.69, 9.17) is 5.73 Å². The third-order valence-corrected chi connectivity index (χ3v) is 2.17. The summed E-state index contributed by atoms with van der Waals surface area (Å²) in [6.07, 6.45) is 1.33. The van der Waals surface area contributed by atoms with Crippen molar-refractivity contribution in [3.05, 3.63) is 12.7 Å². The number of rotatable bonds is 3. The minimum Gasteiger partial charge on any atom is -0.332 e. The SMILES string of the molecule is C=CC(=O)N1C[C@@H](N)[C@@H]1CNC. The van der Waals surface area contributed by atoms with E-state index in [1.165, 1.54) is 6.08 Å². The molecule has 1 rings (SSSR count). The zero-order chi connectivity index (χ0) is 9.14. The van der Waals surface area contributed by atoms with Crippen molar-refractivity contribution in [1.82, 2.24) is 10.2 Å². The molecule has 0 spiro atoms. The van der Waals surface area contributed by atoms with Gasteiger partial charge in [0.1, 0.15) is 0 Å². The van der Waals surface area contributed by atoms with Crippen LogP contribution in [0.4, 0.5) is 0 Å². The zero-order valence-corrected chi connectivity index (χ0v) is 7.29. The Hall–Kier alpha value is -0.870. The first-order valence-corrected chi connectivity index (χ1v) is 4.04. The van der Waals surface area contributed by atoms with Gasteiger partial charge in [-0.1, -0.05) is 6.58 Å². The molecule has 2 atom stereocenters. The standard InChI is InChI=1S/C8H15N3O/c1-3-8(12)11-5-6(9)7(11)4-10-2/h3,6-7,10H,1,4-5,9H2,2H3/t6-,7+/m1/s1. The summed E-state index contributed by atoms with van der Waals surface area (Å²) >= 11 is 0. The van der Waals surface area contributed by atoms with Gasteiger partial charge in [0.25, 0.3) is 0 Å². The molecule has 0 aromatic heterocycles. The number of hydrogen-bond acceptors (Lipinski definition) is 3. The Labute approximate surface area is 72.4 Å². The number of likely N-dealkylation sites (tertiary alicyclic amines) is 1. The number of nitrogens with one attached hydrogen (secondary N) is 1. The van der Waals surface area contributed by atoms with Gasteiger partial charge >= 0.3 is 0 Å². The van der Waals surface area contributed by atoms with Crippen molar-refractivity contribution >= 4 is 5.91 Å². The van der Waals surface area contributed by atoms with Crippen molar-refractivity contribution < 1.29 is 4.79 Å². The second-order valence-electron chi connectivity index (χ2n) is 2.98. The molecule has 4 nitrogen and oxygen atoms in total. The van der Waals surface area contributed by atoms with Crippen LogP contribution in [0.5, 0.6) is 0 Å². The highest BCUT2D eigenvalue weighted by Gasteiger charge is 2.37. The highest BCUT2D eigenvalue weighted by Crippen LogP contribution is 2.15. The minimum atomic E-state index is -0.0306. The molecule has 1 amide bonds. The van der Waals surface area contributed by atoms with Gasteiger partial charge < -0.3 is 16.0 Å². The van der Waals surface area contributed by atoms with E-state index in [0.29, 0.717) is 6.54 Å². The highest BCUT2D eigenvalue weighted by molar-refractivity contribution is 5.88. The number of hydrogen-bond donors (Lipinski definition) is 2. The van der Waals surface area contributed by atoms with Crippen molar-refractivity contribution in [2.75, 3.05) is 20.1 Å². The smallest absolute Gasteiger partial charge is 0.246 e. The lowest BCUT2D eigenvalue weighted by molar-refractivity contribution is -0.134. The summed E-state index contributed by atoms with van der Waals surface area (Å²) in [7, 11) is 1.85. The minimum absolute atomic E-state index is 0.0306. The highest BCUT2D eigenvalue weighted by atomic mass is 16.2. The predicted molar refractivity (Wildman–Crippen MR) is 47.6 cm³/mol. The van der Waals surface area contributed by atoms with Gasteiger partial charge in [-0.2, -0.15) is 0 Å². The van der Waals surface area contributed by atoms with Gasteiger partial charge in [0.15, 0.2) is 0 Å². The van der Waals surface area contributed by atoms with E-state index in [1.54, 1.807) is 4.90 Å². The Morgan fingerprint density at radius 3 is 3.00 bits per heavy atom. The summed E-state index contributed by atoms with van der Waals surface area (Å²) in [4.78, 5) is 12.9. The van der Waals surface area contributed by atoms with Crippen LogP contribution in [0.25, 0.3) is 0 Å². The van der Waals surface area contributed by atoms with Crippen molar-refractivity contribution in [3.63, 3.8) is 0 Å². The van der Waals surface area contributed by atoms with E-state index in [-0.39, 0.29) is 18.0 Å². The predicted octanol–water partition coefficient (Wildman–Crippen LogP) is -1.07. The average molecular weight is 169 g/mol. The van der Waals surface area contributed by atoms with E-state index in [1.807, 2.05) is 7.05 Å². The average Bonchev–Trinajstić information content (AvgIpc) is 2.09. The van der Waals surface area contributed by atoms with Gasteiger partial charge in [-0.15, -0.1) is 0 Å². The Balaban J connectivity index is 2.47. The fourth-order valence-electron chi connectivity index (χ4n) is 1.42. The van der Waals surface area contributed by atoms with Gasteiger partial charge in [-0.25, -0.2) is 0 Å². The molecule has 0 aromatic rings. The van der Waals surface area contributed by atoms with Crippen molar-refractivity contribution in [2.24, 2.45) is 5.73 Å². The van der Waals surface area contributed by atoms with Crippen LogP contribution in [0.2, 0.25) is 0 Å². The molecular weight excluding hydrogens is 154 g/mol. The molecule has 0 saturated carbocycles. The molecule has 0 unspecified atom stereocenters.